The maximum absolute atomic E-state index is 12.4. The van der Waals surface area contributed by atoms with Crippen molar-refractivity contribution in [3.8, 4) is 0 Å². The molecule has 1 aromatic heterocycles. The first-order valence-corrected chi connectivity index (χ1v) is 6.33. The quantitative estimate of drug-likeness (QED) is 0.912. The van der Waals surface area contributed by atoms with Crippen LogP contribution in [0.1, 0.15) is 26.4 Å². The molecule has 0 aliphatic rings. The molecule has 110 valence electrons. The lowest BCUT2D eigenvalue weighted by atomic mass is 10.1. The van der Waals surface area contributed by atoms with Gasteiger partial charge in [-0.15, -0.1) is 11.3 Å². The number of benzene rings is 1. The minimum absolute atomic E-state index is 0.00933. The van der Waals surface area contributed by atoms with Gasteiger partial charge in [-0.05, 0) is 24.3 Å². The number of nitrogens with one attached hydrogen (secondary N) is 1. The second-order valence-electron chi connectivity index (χ2n) is 3.87. The van der Waals surface area contributed by atoms with Gasteiger partial charge < -0.3 is 5.11 Å². The first kappa shape index (κ1) is 15.0. The average molecular weight is 316 g/mol. The third kappa shape index (κ3) is 3.57. The van der Waals surface area contributed by atoms with Crippen LogP contribution in [0, 0.1) is 0 Å². The molecule has 0 bridgehead atoms. The summed E-state index contributed by atoms with van der Waals surface area (Å²) in [5.41, 5.74) is -1.07. The number of alkyl halides is 3. The Bertz CT molecular complexity index is 680. The number of carboxylic acid groups (broad SMARTS) is 1. The maximum atomic E-state index is 12.4. The monoisotopic (exact) mass is 316 g/mol. The van der Waals surface area contributed by atoms with E-state index >= 15 is 0 Å². The molecule has 21 heavy (non-hydrogen) atoms. The molecule has 0 spiro atoms. The summed E-state index contributed by atoms with van der Waals surface area (Å²) < 4.78 is 37.1. The molecule has 0 saturated carbocycles. The number of halogens is 3. The van der Waals surface area contributed by atoms with Crippen molar-refractivity contribution >= 4 is 28.3 Å². The molecule has 0 radical (unpaired) electrons. The number of amides is 1. The van der Waals surface area contributed by atoms with Crippen LogP contribution in [0.4, 0.5) is 18.3 Å². The van der Waals surface area contributed by atoms with E-state index < -0.39 is 23.6 Å². The van der Waals surface area contributed by atoms with Gasteiger partial charge in [0.25, 0.3) is 5.91 Å². The van der Waals surface area contributed by atoms with Gasteiger partial charge in [0.15, 0.2) is 10.8 Å². The standard InChI is InChI=1S/C12H7F3N2O3S/c13-12(14,15)7-3-1-6(2-4-7)9(18)17-11-16-8(5-21-11)10(19)20/h1-5H,(H,19,20)(H,16,17,18). The van der Waals surface area contributed by atoms with E-state index in [4.69, 9.17) is 5.11 Å². The summed E-state index contributed by atoms with van der Waals surface area (Å²) in [5.74, 6) is -1.91. The van der Waals surface area contributed by atoms with Crippen molar-refractivity contribution in [2.75, 3.05) is 5.32 Å². The van der Waals surface area contributed by atoms with E-state index in [1.54, 1.807) is 0 Å². The number of aromatic nitrogens is 1. The molecule has 1 amide bonds. The number of hydrogen-bond acceptors (Lipinski definition) is 4. The Balaban J connectivity index is 2.11. The fraction of sp³-hybridized carbons (Fsp3) is 0.0833. The molecule has 0 atom stereocenters. The van der Waals surface area contributed by atoms with Crippen molar-refractivity contribution in [2.45, 2.75) is 6.18 Å². The average Bonchev–Trinajstić information content (AvgIpc) is 2.86. The molecule has 2 rings (SSSR count). The molecule has 2 N–H and O–H groups in total. The van der Waals surface area contributed by atoms with Gasteiger partial charge in [0.2, 0.25) is 0 Å². The number of hydrogen-bond donors (Lipinski definition) is 2. The zero-order valence-corrected chi connectivity index (χ0v) is 11.0. The zero-order valence-electron chi connectivity index (χ0n) is 10.1. The molecular weight excluding hydrogens is 309 g/mol. The van der Waals surface area contributed by atoms with Gasteiger partial charge >= 0.3 is 12.1 Å². The number of carbonyl (C=O) groups is 2. The summed E-state index contributed by atoms with van der Waals surface area (Å²) >= 11 is 0.904. The van der Waals surface area contributed by atoms with Gasteiger partial charge in [-0.2, -0.15) is 13.2 Å². The SMILES string of the molecule is O=C(Nc1nc(C(=O)O)cs1)c1ccc(C(F)(F)F)cc1. The summed E-state index contributed by atoms with van der Waals surface area (Å²) in [5, 5.41) is 12.3. The number of nitrogens with zero attached hydrogens (tertiary/aromatic N) is 1. The number of thiazole rings is 1. The fourth-order valence-electron chi connectivity index (χ4n) is 1.41. The van der Waals surface area contributed by atoms with E-state index in [1.165, 1.54) is 5.38 Å². The van der Waals surface area contributed by atoms with Crippen molar-refractivity contribution in [3.63, 3.8) is 0 Å². The smallest absolute Gasteiger partial charge is 0.416 e. The van der Waals surface area contributed by atoms with Crippen molar-refractivity contribution in [3.05, 3.63) is 46.5 Å². The molecule has 1 heterocycles. The van der Waals surface area contributed by atoms with Crippen LogP contribution in [0.5, 0.6) is 0 Å². The third-order valence-corrected chi connectivity index (χ3v) is 3.18. The molecule has 2 aromatic rings. The summed E-state index contributed by atoms with van der Waals surface area (Å²) in [6.45, 7) is 0. The van der Waals surface area contributed by atoms with Crippen LogP contribution in [0.2, 0.25) is 0 Å². The second kappa shape index (κ2) is 5.52. The Morgan fingerprint density at radius 1 is 1.19 bits per heavy atom. The van der Waals surface area contributed by atoms with E-state index in [-0.39, 0.29) is 16.4 Å². The van der Waals surface area contributed by atoms with Gasteiger partial charge in [0, 0.05) is 10.9 Å². The minimum atomic E-state index is -4.47. The van der Waals surface area contributed by atoms with Gasteiger partial charge in [-0.25, -0.2) is 9.78 Å². The van der Waals surface area contributed by atoms with E-state index in [2.05, 4.69) is 10.3 Å². The zero-order chi connectivity index (χ0) is 15.6. The summed E-state index contributed by atoms with van der Waals surface area (Å²) in [7, 11) is 0. The second-order valence-corrected chi connectivity index (χ2v) is 4.73. The lowest BCUT2D eigenvalue weighted by Crippen LogP contribution is -2.13. The largest absolute Gasteiger partial charge is 0.476 e. The number of aromatic carboxylic acids is 1. The highest BCUT2D eigenvalue weighted by atomic mass is 32.1. The van der Waals surface area contributed by atoms with E-state index in [9.17, 15) is 22.8 Å². The molecule has 1 aromatic carbocycles. The van der Waals surface area contributed by atoms with E-state index in [0.29, 0.717) is 0 Å². The van der Waals surface area contributed by atoms with Crippen LogP contribution in [-0.4, -0.2) is 22.0 Å². The number of carbonyl (C=O) groups excluding carboxylic acids is 1. The molecular formula is C12H7F3N2O3S. The molecule has 9 heteroatoms. The molecule has 5 nitrogen and oxygen atoms in total. The molecule has 0 saturated heterocycles. The van der Waals surface area contributed by atoms with E-state index in [1.807, 2.05) is 0 Å². The van der Waals surface area contributed by atoms with Gasteiger partial charge in [0.05, 0.1) is 5.56 Å². The lowest BCUT2D eigenvalue weighted by molar-refractivity contribution is -0.137. The summed E-state index contributed by atoms with van der Waals surface area (Å²) in [6, 6.07) is 3.65. The first-order valence-electron chi connectivity index (χ1n) is 5.45. The summed E-state index contributed by atoms with van der Waals surface area (Å²) in [4.78, 5) is 26.0. The number of anilines is 1. The highest BCUT2D eigenvalue weighted by Crippen LogP contribution is 2.29. The maximum Gasteiger partial charge on any atom is 0.416 e. The predicted octanol–water partition coefficient (Wildman–Crippen LogP) is 3.11. The Hall–Kier alpha value is -2.42. The van der Waals surface area contributed by atoms with Crippen LogP contribution in [0.3, 0.4) is 0 Å². The highest BCUT2D eigenvalue weighted by molar-refractivity contribution is 7.14. The third-order valence-electron chi connectivity index (χ3n) is 2.42. The van der Waals surface area contributed by atoms with Crippen LogP contribution in [0.25, 0.3) is 0 Å². The van der Waals surface area contributed by atoms with Crippen LogP contribution >= 0.6 is 11.3 Å². The topological polar surface area (TPSA) is 79.3 Å². The molecule has 0 aliphatic heterocycles. The predicted molar refractivity (Wildman–Crippen MR) is 68.5 cm³/mol. The van der Waals surface area contributed by atoms with E-state index in [0.717, 1.165) is 35.6 Å². The normalized spacial score (nSPS) is 11.2. The van der Waals surface area contributed by atoms with Crippen molar-refractivity contribution in [2.24, 2.45) is 0 Å². The van der Waals surface area contributed by atoms with Gasteiger partial charge in [0.1, 0.15) is 0 Å². The minimum Gasteiger partial charge on any atom is -0.476 e. The Kier molecular flexibility index (Phi) is 3.94. The Morgan fingerprint density at radius 3 is 2.29 bits per heavy atom. The van der Waals surface area contributed by atoms with Crippen molar-refractivity contribution in [1.29, 1.82) is 0 Å². The van der Waals surface area contributed by atoms with Crippen LogP contribution in [0.15, 0.2) is 29.6 Å². The summed E-state index contributed by atoms with van der Waals surface area (Å²) in [6.07, 6.45) is -4.47. The molecule has 0 fully saturated rings. The number of carboxylic acids is 1. The molecule has 0 unspecified atom stereocenters. The molecule has 0 aliphatic carbocycles. The Morgan fingerprint density at radius 2 is 1.81 bits per heavy atom. The Labute approximate surface area is 120 Å². The fourth-order valence-corrected chi connectivity index (χ4v) is 2.09. The van der Waals surface area contributed by atoms with Crippen molar-refractivity contribution < 1.29 is 27.9 Å². The highest BCUT2D eigenvalue weighted by Gasteiger charge is 2.30. The van der Waals surface area contributed by atoms with Gasteiger partial charge in [-0.3, -0.25) is 10.1 Å². The van der Waals surface area contributed by atoms with Gasteiger partial charge in [-0.1, -0.05) is 0 Å². The van der Waals surface area contributed by atoms with Crippen molar-refractivity contribution in [1.82, 2.24) is 4.98 Å². The number of rotatable bonds is 3. The first-order chi connectivity index (χ1) is 9.77. The van der Waals surface area contributed by atoms with Crippen LogP contribution in [-0.2, 0) is 6.18 Å². The lowest BCUT2D eigenvalue weighted by Gasteiger charge is -2.07. The van der Waals surface area contributed by atoms with Crippen LogP contribution < -0.4 is 5.32 Å².